The van der Waals surface area contributed by atoms with Crippen LogP contribution in [0.3, 0.4) is 0 Å². The third-order valence-electron chi connectivity index (χ3n) is 1.56. The average molecular weight is 211 g/mol. The Labute approximate surface area is 84.5 Å². The first-order chi connectivity index (χ1) is 6.84. The van der Waals surface area contributed by atoms with Crippen LogP contribution in [-0.4, -0.2) is 19.7 Å². The third kappa shape index (κ3) is 2.33. The molecule has 0 saturated carbocycles. The first kappa shape index (κ1) is 9.22. The maximum atomic E-state index is 4.93. The lowest BCUT2D eigenvalue weighted by molar-refractivity contribution is 0.363. The van der Waals surface area contributed by atoms with Gasteiger partial charge >= 0.3 is 0 Å². The van der Waals surface area contributed by atoms with Gasteiger partial charge in [-0.2, -0.15) is 4.98 Å². The van der Waals surface area contributed by atoms with Crippen molar-refractivity contribution in [2.45, 2.75) is 20.0 Å². The molecule has 2 aromatic rings. The van der Waals surface area contributed by atoms with Crippen LogP contribution in [0.5, 0.6) is 0 Å². The van der Waals surface area contributed by atoms with E-state index < -0.39 is 0 Å². The second kappa shape index (κ2) is 4.25. The van der Waals surface area contributed by atoms with E-state index >= 15 is 0 Å². The second-order valence-electron chi connectivity index (χ2n) is 2.74. The molecule has 0 amide bonds. The highest BCUT2D eigenvalue weighted by Crippen LogP contribution is 1.98. The summed E-state index contributed by atoms with van der Waals surface area (Å²) in [6, 6.07) is 0. The predicted octanol–water partition coefficient (Wildman–Crippen LogP) is 0.519. The van der Waals surface area contributed by atoms with Crippen molar-refractivity contribution in [3.8, 4) is 0 Å². The van der Waals surface area contributed by atoms with Gasteiger partial charge in [0.25, 0.3) is 0 Å². The zero-order chi connectivity index (χ0) is 9.80. The Kier molecular flexibility index (Phi) is 2.80. The highest BCUT2D eigenvalue weighted by molar-refractivity contribution is 7.03. The van der Waals surface area contributed by atoms with Gasteiger partial charge in [0, 0.05) is 11.9 Å². The second-order valence-corrected chi connectivity index (χ2v) is 3.34. The van der Waals surface area contributed by atoms with E-state index in [0.717, 1.165) is 5.69 Å². The van der Waals surface area contributed by atoms with Gasteiger partial charge in [-0.25, -0.2) is 0 Å². The highest BCUT2D eigenvalue weighted by atomic mass is 32.1. The van der Waals surface area contributed by atoms with E-state index in [2.05, 4.69) is 25.0 Å². The number of aromatic nitrogens is 4. The van der Waals surface area contributed by atoms with Gasteiger partial charge in [-0.1, -0.05) is 9.64 Å². The van der Waals surface area contributed by atoms with Crippen LogP contribution in [0, 0.1) is 6.92 Å². The maximum Gasteiger partial charge on any atom is 0.240 e. The molecule has 2 heterocycles. The van der Waals surface area contributed by atoms with Crippen molar-refractivity contribution in [2.75, 3.05) is 0 Å². The molecule has 0 aromatic carbocycles. The van der Waals surface area contributed by atoms with Gasteiger partial charge in [0.2, 0.25) is 5.89 Å². The van der Waals surface area contributed by atoms with Gasteiger partial charge in [0.1, 0.15) is 0 Å². The molecule has 0 bridgehead atoms. The van der Waals surface area contributed by atoms with Crippen LogP contribution in [0.1, 0.15) is 17.4 Å². The van der Waals surface area contributed by atoms with Crippen LogP contribution < -0.4 is 5.32 Å². The summed E-state index contributed by atoms with van der Waals surface area (Å²) in [5.74, 6) is 1.24. The maximum absolute atomic E-state index is 4.93. The van der Waals surface area contributed by atoms with Crippen LogP contribution in [0.4, 0.5) is 0 Å². The Bertz CT molecular complexity index is 384. The predicted molar refractivity (Wildman–Crippen MR) is 49.5 cm³/mol. The molecule has 0 fully saturated rings. The minimum atomic E-state index is 0.554. The lowest BCUT2D eigenvalue weighted by Crippen LogP contribution is -2.13. The molecule has 0 unspecified atom stereocenters. The Hall–Kier alpha value is -1.34. The largest absolute Gasteiger partial charge is 0.338 e. The highest BCUT2D eigenvalue weighted by Gasteiger charge is 2.02. The summed E-state index contributed by atoms with van der Waals surface area (Å²) in [5.41, 5.74) is 0.922. The van der Waals surface area contributed by atoms with Crippen molar-refractivity contribution in [2.24, 2.45) is 0 Å². The summed E-state index contributed by atoms with van der Waals surface area (Å²) in [7, 11) is 0. The van der Waals surface area contributed by atoms with Crippen molar-refractivity contribution in [1.29, 1.82) is 0 Å². The third-order valence-corrected chi connectivity index (χ3v) is 2.11. The smallest absolute Gasteiger partial charge is 0.240 e. The molecule has 2 rings (SSSR count). The molecule has 1 N–H and O–H groups in total. The van der Waals surface area contributed by atoms with Crippen molar-refractivity contribution in [1.82, 2.24) is 25.0 Å². The Morgan fingerprint density at radius 1 is 1.50 bits per heavy atom. The first-order valence-corrected chi connectivity index (χ1v) is 4.94. The molecular weight excluding hydrogens is 202 g/mol. The summed E-state index contributed by atoms with van der Waals surface area (Å²) < 4.78 is 8.68. The molecule has 2 aromatic heterocycles. The van der Waals surface area contributed by atoms with E-state index in [0.29, 0.717) is 24.8 Å². The van der Waals surface area contributed by atoms with Crippen molar-refractivity contribution in [3.05, 3.63) is 22.8 Å². The summed E-state index contributed by atoms with van der Waals surface area (Å²) in [5, 5.41) is 12.6. The Morgan fingerprint density at radius 2 is 2.43 bits per heavy atom. The molecule has 0 spiro atoms. The lowest BCUT2D eigenvalue weighted by Gasteiger charge is -1.95. The van der Waals surface area contributed by atoms with E-state index in [1.54, 1.807) is 6.92 Å². The normalized spacial score (nSPS) is 10.6. The number of nitrogens with zero attached hydrogens (tertiary/aromatic N) is 4. The number of hydrogen-bond donors (Lipinski definition) is 1. The van der Waals surface area contributed by atoms with E-state index in [1.807, 2.05) is 5.38 Å². The molecule has 0 aliphatic heterocycles. The van der Waals surface area contributed by atoms with E-state index in [4.69, 9.17) is 4.52 Å². The lowest BCUT2D eigenvalue weighted by atomic mass is 10.5. The first-order valence-electron chi connectivity index (χ1n) is 4.10. The molecule has 14 heavy (non-hydrogen) atoms. The summed E-state index contributed by atoms with van der Waals surface area (Å²) in [4.78, 5) is 4.06. The van der Waals surface area contributed by atoms with E-state index in [1.165, 1.54) is 11.5 Å². The van der Waals surface area contributed by atoms with E-state index in [-0.39, 0.29) is 0 Å². The molecular formula is C7H9N5OS. The number of aryl methyl sites for hydroxylation is 1. The summed E-state index contributed by atoms with van der Waals surface area (Å²) in [6.45, 7) is 3.01. The van der Waals surface area contributed by atoms with Crippen LogP contribution >= 0.6 is 11.5 Å². The average Bonchev–Trinajstić information content (AvgIpc) is 2.77. The standard InChI is InChI=1S/C7H9N5OS/c1-5-9-7(13-11-5)3-8-2-6-4-14-12-10-6/h4,8H,2-3H2,1H3. The fourth-order valence-electron chi connectivity index (χ4n) is 0.970. The molecule has 6 nitrogen and oxygen atoms in total. The van der Waals surface area contributed by atoms with Crippen LogP contribution in [-0.2, 0) is 13.1 Å². The topological polar surface area (TPSA) is 76.7 Å². The van der Waals surface area contributed by atoms with Gasteiger partial charge in [0.05, 0.1) is 12.2 Å². The van der Waals surface area contributed by atoms with Crippen LogP contribution in [0.25, 0.3) is 0 Å². The minimum absolute atomic E-state index is 0.554. The van der Waals surface area contributed by atoms with Gasteiger partial charge in [-0.3, -0.25) is 0 Å². The molecule has 0 atom stereocenters. The fraction of sp³-hybridized carbons (Fsp3) is 0.429. The molecule has 0 aliphatic rings. The molecule has 0 saturated heterocycles. The number of hydrogen-bond acceptors (Lipinski definition) is 7. The zero-order valence-corrected chi connectivity index (χ0v) is 8.41. The Morgan fingerprint density at radius 3 is 3.07 bits per heavy atom. The Balaban J connectivity index is 1.78. The monoisotopic (exact) mass is 211 g/mol. The van der Waals surface area contributed by atoms with Crippen LogP contribution in [0.15, 0.2) is 9.90 Å². The SMILES string of the molecule is Cc1noc(CNCc2csnn2)n1. The van der Waals surface area contributed by atoms with Gasteiger partial charge < -0.3 is 9.84 Å². The van der Waals surface area contributed by atoms with Crippen molar-refractivity contribution < 1.29 is 4.52 Å². The van der Waals surface area contributed by atoms with Gasteiger partial charge in [-0.05, 0) is 18.5 Å². The number of rotatable bonds is 4. The quantitative estimate of drug-likeness (QED) is 0.794. The molecule has 7 heteroatoms. The van der Waals surface area contributed by atoms with Crippen LogP contribution in [0.2, 0.25) is 0 Å². The fourth-order valence-corrected chi connectivity index (χ4v) is 1.42. The molecule has 0 radical (unpaired) electrons. The molecule has 0 aliphatic carbocycles. The minimum Gasteiger partial charge on any atom is -0.338 e. The summed E-state index contributed by atoms with van der Waals surface area (Å²) in [6.07, 6.45) is 0. The van der Waals surface area contributed by atoms with E-state index in [9.17, 15) is 0 Å². The van der Waals surface area contributed by atoms with Gasteiger partial charge in [-0.15, -0.1) is 5.10 Å². The number of nitrogens with one attached hydrogen (secondary N) is 1. The summed E-state index contributed by atoms with van der Waals surface area (Å²) >= 11 is 1.34. The van der Waals surface area contributed by atoms with Crippen molar-refractivity contribution >= 4 is 11.5 Å². The molecule has 74 valence electrons. The van der Waals surface area contributed by atoms with Crippen molar-refractivity contribution in [3.63, 3.8) is 0 Å². The van der Waals surface area contributed by atoms with Gasteiger partial charge in [0.15, 0.2) is 5.82 Å². The zero-order valence-electron chi connectivity index (χ0n) is 7.60.